The van der Waals surface area contributed by atoms with Gasteiger partial charge in [0.1, 0.15) is 5.02 Å². The molecule has 2 heterocycles. The van der Waals surface area contributed by atoms with Gasteiger partial charge in [-0.25, -0.2) is 4.68 Å². The van der Waals surface area contributed by atoms with Crippen LogP contribution in [-0.4, -0.2) is 36.0 Å². The van der Waals surface area contributed by atoms with Crippen LogP contribution >= 0.6 is 11.6 Å². The van der Waals surface area contributed by atoms with Gasteiger partial charge in [0.2, 0.25) is 0 Å². The van der Waals surface area contributed by atoms with Crippen LogP contribution in [0.4, 0.5) is 5.69 Å². The van der Waals surface area contributed by atoms with Crippen LogP contribution in [0.5, 0.6) is 0 Å². The van der Waals surface area contributed by atoms with Gasteiger partial charge in [0, 0.05) is 13.1 Å². The van der Waals surface area contributed by atoms with Crippen molar-refractivity contribution in [3.63, 3.8) is 0 Å². The second-order valence-electron chi connectivity index (χ2n) is 5.36. The Bertz CT molecular complexity index is 535. The first-order chi connectivity index (χ1) is 10.2. The molecule has 0 aromatic carbocycles. The minimum Gasteiger partial charge on any atom is -0.369 e. The Morgan fingerprint density at radius 3 is 2.86 bits per heavy atom. The topological polar surface area (TPSA) is 50.2 Å². The first kappa shape index (κ1) is 16.0. The number of piperidine rings is 1. The van der Waals surface area contributed by atoms with Crippen molar-refractivity contribution in [3.05, 3.63) is 34.2 Å². The zero-order valence-electron chi connectivity index (χ0n) is 12.5. The van der Waals surface area contributed by atoms with Crippen molar-refractivity contribution in [1.82, 2.24) is 15.1 Å². The Morgan fingerprint density at radius 1 is 1.52 bits per heavy atom. The lowest BCUT2D eigenvalue weighted by molar-refractivity contribution is 0.386. The van der Waals surface area contributed by atoms with E-state index in [1.54, 1.807) is 12.3 Å². The van der Waals surface area contributed by atoms with Crippen molar-refractivity contribution in [1.29, 1.82) is 0 Å². The molecule has 21 heavy (non-hydrogen) atoms. The highest BCUT2D eigenvalue weighted by Crippen LogP contribution is 2.26. The van der Waals surface area contributed by atoms with Crippen LogP contribution in [0.3, 0.4) is 0 Å². The minimum absolute atomic E-state index is 0.246. The van der Waals surface area contributed by atoms with Gasteiger partial charge in [0.05, 0.1) is 18.4 Å². The molecule has 5 nitrogen and oxygen atoms in total. The van der Waals surface area contributed by atoms with E-state index in [9.17, 15) is 4.79 Å². The average molecular weight is 311 g/mol. The molecule has 1 fully saturated rings. The second kappa shape index (κ2) is 7.61. The molecule has 1 aliphatic heterocycles. The third kappa shape index (κ3) is 3.86. The number of hydrogen-bond acceptors (Lipinski definition) is 4. The van der Waals surface area contributed by atoms with Gasteiger partial charge < -0.3 is 10.2 Å². The van der Waals surface area contributed by atoms with Crippen LogP contribution in [-0.2, 0) is 6.54 Å². The first-order valence-electron chi connectivity index (χ1n) is 7.49. The van der Waals surface area contributed by atoms with Gasteiger partial charge in [-0.1, -0.05) is 24.6 Å². The quantitative estimate of drug-likeness (QED) is 0.816. The van der Waals surface area contributed by atoms with Crippen molar-refractivity contribution in [2.45, 2.75) is 26.3 Å². The maximum Gasteiger partial charge on any atom is 0.287 e. The molecule has 0 saturated carbocycles. The summed E-state index contributed by atoms with van der Waals surface area (Å²) in [7, 11) is 0. The smallest absolute Gasteiger partial charge is 0.287 e. The van der Waals surface area contributed by atoms with E-state index in [0.29, 0.717) is 12.5 Å². The molecule has 0 bridgehead atoms. The fraction of sp³-hybridized carbons (Fsp3) is 0.600. The molecule has 116 valence electrons. The van der Waals surface area contributed by atoms with Gasteiger partial charge in [-0.2, -0.15) is 5.10 Å². The summed E-state index contributed by atoms with van der Waals surface area (Å²) in [6.07, 6.45) is 5.55. The monoisotopic (exact) mass is 310 g/mol. The van der Waals surface area contributed by atoms with Crippen LogP contribution < -0.4 is 15.8 Å². The molecule has 0 atom stereocenters. The summed E-state index contributed by atoms with van der Waals surface area (Å²) in [4.78, 5) is 14.3. The molecule has 2 rings (SSSR count). The SMILES string of the molecule is C=CCn1ncc(N2CCC(CNCC)CC2)c(Cl)c1=O. The van der Waals surface area contributed by atoms with Gasteiger partial charge in [0.25, 0.3) is 5.56 Å². The van der Waals surface area contributed by atoms with Gasteiger partial charge in [-0.3, -0.25) is 4.79 Å². The van der Waals surface area contributed by atoms with Gasteiger partial charge in [-0.05, 0) is 31.8 Å². The third-order valence-electron chi connectivity index (χ3n) is 3.91. The molecule has 1 aromatic heterocycles. The molecule has 6 heteroatoms. The van der Waals surface area contributed by atoms with Gasteiger partial charge in [0.15, 0.2) is 0 Å². The number of rotatable bonds is 6. The Labute approximate surface area is 130 Å². The number of allylic oxidation sites excluding steroid dienone is 1. The van der Waals surface area contributed by atoms with Crippen LogP contribution in [0.15, 0.2) is 23.6 Å². The average Bonchev–Trinajstić information content (AvgIpc) is 2.51. The highest BCUT2D eigenvalue weighted by Gasteiger charge is 2.22. The van der Waals surface area contributed by atoms with E-state index in [0.717, 1.165) is 44.7 Å². The summed E-state index contributed by atoms with van der Waals surface area (Å²) >= 11 is 6.23. The Balaban J connectivity index is 2.05. The van der Waals surface area contributed by atoms with Crippen LogP contribution in [0.2, 0.25) is 5.02 Å². The highest BCUT2D eigenvalue weighted by molar-refractivity contribution is 6.33. The summed E-state index contributed by atoms with van der Waals surface area (Å²) in [6.45, 7) is 10.0. The first-order valence-corrected chi connectivity index (χ1v) is 7.87. The summed E-state index contributed by atoms with van der Waals surface area (Å²) in [5.41, 5.74) is 0.507. The van der Waals surface area contributed by atoms with E-state index in [4.69, 9.17) is 11.6 Å². The Morgan fingerprint density at radius 2 is 2.24 bits per heavy atom. The predicted molar refractivity (Wildman–Crippen MR) is 87.2 cm³/mol. The molecular weight excluding hydrogens is 288 g/mol. The molecule has 0 aliphatic carbocycles. The van der Waals surface area contributed by atoms with E-state index in [2.05, 4.69) is 28.8 Å². The molecule has 0 unspecified atom stereocenters. The highest BCUT2D eigenvalue weighted by atomic mass is 35.5. The van der Waals surface area contributed by atoms with Crippen LogP contribution in [0.25, 0.3) is 0 Å². The van der Waals surface area contributed by atoms with E-state index < -0.39 is 0 Å². The number of nitrogens with one attached hydrogen (secondary N) is 1. The lowest BCUT2D eigenvalue weighted by Crippen LogP contribution is -2.38. The number of aromatic nitrogens is 2. The molecule has 1 saturated heterocycles. The lowest BCUT2D eigenvalue weighted by atomic mass is 9.96. The maximum atomic E-state index is 12.1. The van der Waals surface area contributed by atoms with Gasteiger partial charge in [-0.15, -0.1) is 6.58 Å². The number of anilines is 1. The van der Waals surface area contributed by atoms with Crippen LogP contribution in [0, 0.1) is 5.92 Å². The molecule has 1 aromatic rings. The Kier molecular flexibility index (Phi) is 5.82. The van der Waals surface area contributed by atoms with Crippen molar-refractivity contribution < 1.29 is 0 Å². The fourth-order valence-electron chi connectivity index (χ4n) is 2.66. The normalized spacial score (nSPS) is 16.2. The number of halogens is 1. The van der Waals surface area contributed by atoms with Crippen molar-refractivity contribution >= 4 is 17.3 Å². The number of hydrogen-bond donors (Lipinski definition) is 1. The van der Waals surface area contributed by atoms with E-state index in [1.165, 1.54) is 4.68 Å². The largest absolute Gasteiger partial charge is 0.369 e. The molecule has 1 N–H and O–H groups in total. The summed E-state index contributed by atoms with van der Waals surface area (Å²) in [5.74, 6) is 0.703. The summed E-state index contributed by atoms with van der Waals surface area (Å²) < 4.78 is 1.33. The second-order valence-corrected chi connectivity index (χ2v) is 5.74. The fourth-order valence-corrected chi connectivity index (χ4v) is 2.92. The van der Waals surface area contributed by atoms with E-state index >= 15 is 0 Å². The zero-order chi connectivity index (χ0) is 15.2. The van der Waals surface area contributed by atoms with E-state index in [-0.39, 0.29) is 10.6 Å². The molecule has 0 spiro atoms. The van der Waals surface area contributed by atoms with Crippen LogP contribution in [0.1, 0.15) is 19.8 Å². The third-order valence-corrected chi connectivity index (χ3v) is 4.26. The number of nitrogens with zero attached hydrogens (tertiary/aromatic N) is 3. The van der Waals surface area contributed by atoms with Crippen molar-refractivity contribution in [2.75, 3.05) is 31.1 Å². The molecule has 0 radical (unpaired) electrons. The lowest BCUT2D eigenvalue weighted by Gasteiger charge is -2.33. The van der Waals surface area contributed by atoms with Gasteiger partial charge >= 0.3 is 0 Å². The summed E-state index contributed by atoms with van der Waals surface area (Å²) in [5, 5.41) is 7.82. The maximum absolute atomic E-state index is 12.1. The Hall–Kier alpha value is -1.33. The van der Waals surface area contributed by atoms with Crippen molar-refractivity contribution in [2.24, 2.45) is 5.92 Å². The zero-order valence-corrected chi connectivity index (χ0v) is 13.3. The van der Waals surface area contributed by atoms with Crippen molar-refractivity contribution in [3.8, 4) is 0 Å². The minimum atomic E-state index is -0.246. The molecule has 0 amide bonds. The molecule has 1 aliphatic rings. The molecular formula is C15H23ClN4O. The van der Waals surface area contributed by atoms with E-state index in [1.807, 2.05) is 0 Å². The summed E-state index contributed by atoms with van der Waals surface area (Å²) in [6, 6.07) is 0. The standard InChI is InChI=1S/C15H23ClN4O/c1-3-7-20-15(21)14(16)13(11-18-20)19-8-5-12(6-9-19)10-17-4-2/h3,11-12,17H,1,4-10H2,2H3. The predicted octanol–water partition coefficient (Wildman–Crippen LogP) is 1.91.